The SMILES string of the molecule is CN=C(NCc1ccc(CS(=O)(=O)NC(C)C)cc1)NCC(C)c1cccc(C)c1. The van der Waals surface area contributed by atoms with Crippen molar-refractivity contribution >= 4 is 16.0 Å². The van der Waals surface area contributed by atoms with Crippen LogP contribution >= 0.6 is 0 Å². The number of nitrogens with zero attached hydrogens (tertiary/aromatic N) is 1. The van der Waals surface area contributed by atoms with E-state index in [4.69, 9.17) is 0 Å². The first kappa shape index (κ1) is 23.9. The third kappa shape index (κ3) is 8.16. The zero-order valence-electron chi connectivity index (χ0n) is 18.6. The molecule has 0 fully saturated rings. The maximum absolute atomic E-state index is 12.0. The Morgan fingerprint density at radius 1 is 1.00 bits per heavy atom. The van der Waals surface area contributed by atoms with Gasteiger partial charge in [-0.25, -0.2) is 13.1 Å². The third-order valence-corrected chi connectivity index (χ3v) is 6.21. The molecule has 0 aliphatic rings. The molecule has 0 amide bonds. The lowest BCUT2D eigenvalue weighted by Crippen LogP contribution is -2.38. The summed E-state index contributed by atoms with van der Waals surface area (Å²) in [6, 6.07) is 16.0. The van der Waals surface area contributed by atoms with E-state index in [1.54, 1.807) is 7.05 Å². The molecule has 0 aromatic heterocycles. The van der Waals surface area contributed by atoms with Gasteiger partial charge in [-0.15, -0.1) is 0 Å². The average Bonchev–Trinajstić information content (AvgIpc) is 2.67. The summed E-state index contributed by atoms with van der Waals surface area (Å²) in [4.78, 5) is 4.29. The Kier molecular flexibility index (Phi) is 8.87. The molecule has 3 N–H and O–H groups in total. The molecule has 0 bridgehead atoms. The minimum absolute atomic E-state index is 0.0149. The maximum atomic E-state index is 12.0. The fraction of sp³-hybridized carbons (Fsp3) is 0.435. The Morgan fingerprint density at radius 2 is 1.67 bits per heavy atom. The van der Waals surface area contributed by atoms with Gasteiger partial charge in [0.25, 0.3) is 0 Å². The topological polar surface area (TPSA) is 82.6 Å². The molecule has 1 unspecified atom stereocenters. The van der Waals surface area contributed by atoms with E-state index in [-0.39, 0.29) is 11.8 Å². The van der Waals surface area contributed by atoms with Crippen LogP contribution in [0, 0.1) is 6.92 Å². The average molecular weight is 431 g/mol. The van der Waals surface area contributed by atoms with Crippen LogP contribution in [0.15, 0.2) is 53.5 Å². The zero-order valence-corrected chi connectivity index (χ0v) is 19.4. The molecule has 2 aromatic rings. The van der Waals surface area contributed by atoms with Gasteiger partial charge < -0.3 is 10.6 Å². The van der Waals surface area contributed by atoms with Crippen molar-refractivity contribution in [3.8, 4) is 0 Å². The van der Waals surface area contributed by atoms with Crippen molar-refractivity contribution < 1.29 is 8.42 Å². The van der Waals surface area contributed by atoms with Crippen molar-refractivity contribution in [1.29, 1.82) is 0 Å². The summed E-state index contributed by atoms with van der Waals surface area (Å²) >= 11 is 0. The van der Waals surface area contributed by atoms with Crippen LogP contribution in [0.2, 0.25) is 0 Å². The molecular weight excluding hydrogens is 396 g/mol. The first-order valence-electron chi connectivity index (χ1n) is 10.3. The number of hydrogen-bond acceptors (Lipinski definition) is 3. The normalized spacial score (nSPS) is 13.3. The number of aryl methyl sites for hydroxylation is 1. The van der Waals surface area contributed by atoms with Crippen LogP contribution < -0.4 is 15.4 Å². The molecule has 0 saturated heterocycles. The number of nitrogens with one attached hydrogen (secondary N) is 3. The summed E-state index contributed by atoms with van der Waals surface area (Å²) in [7, 11) is -1.56. The van der Waals surface area contributed by atoms with E-state index < -0.39 is 10.0 Å². The van der Waals surface area contributed by atoms with Crippen LogP contribution in [-0.2, 0) is 22.3 Å². The number of benzene rings is 2. The predicted octanol–water partition coefficient (Wildman–Crippen LogP) is 3.29. The summed E-state index contributed by atoms with van der Waals surface area (Å²) in [6.07, 6.45) is 0. The molecule has 1 atom stereocenters. The molecule has 7 heteroatoms. The van der Waals surface area contributed by atoms with E-state index in [1.165, 1.54) is 11.1 Å². The molecule has 0 heterocycles. The van der Waals surface area contributed by atoms with Gasteiger partial charge in [-0.2, -0.15) is 0 Å². The molecule has 2 rings (SSSR count). The quantitative estimate of drug-likeness (QED) is 0.421. The van der Waals surface area contributed by atoms with Gasteiger partial charge in [0, 0.05) is 26.2 Å². The van der Waals surface area contributed by atoms with Gasteiger partial charge in [-0.1, -0.05) is 61.0 Å². The summed E-state index contributed by atoms with van der Waals surface area (Å²) in [5, 5.41) is 6.68. The highest BCUT2D eigenvalue weighted by molar-refractivity contribution is 7.88. The number of guanidine groups is 1. The first-order valence-corrected chi connectivity index (χ1v) is 11.9. The molecular formula is C23H34N4O2S. The van der Waals surface area contributed by atoms with Gasteiger partial charge in [0.2, 0.25) is 10.0 Å². The van der Waals surface area contributed by atoms with Crippen molar-refractivity contribution in [3.63, 3.8) is 0 Å². The van der Waals surface area contributed by atoms with Crippen molar-refractivity contribution in [2.45, 2.75) is 52.0 Å². The van der Waals surface area contributed by atoms with Crippen LogP contribution in [0.3, 0.4) is 0 Å². The highest BCUT2D eigenvalue weighted by Crippen LogP contribution is 2.15. The molecule has 2 aromatic carbocycles. The van der Waals surface area contributed by atoms with Gasteiger partial charge in [0.1, 0.15) is 0 Å². The predicted molar refractivity (Wildman–Crippen MR) is 125 cm³/mol. The van der Waals surface area contributed by atoms with Crippen LogP contribution in [0.1, 0.15) is 48.9 Å². The number of sulfonamides is 1. The third-order valence-electron chi connectivity index (χ3n) is 4.67. The van der Waals surface area contributed by atoms with E-state index in [0.717, 1.165) is 23.6 Å². The second-order valence-corrected chi connectivity index (χ2v) is 9.72. The van der Waals surface area contributed by atoms with Gasteiger partial charge in [-0.05, 0) is 43.4 Å². The Bertz CT molecular complexity index is 938. The van der Waals surface area contributed by atoms with E-state index in [0.29, 0.717) is 12.5 Å². The Balaban J connectivity index is 1.84. The Labute approximate surface area is 181 Å². The molecule has 0 aliphatic carbocycles. The zero-order chi connectivity index (χ0) is 22.1. The molecule has 164 valence electrons. The minimum Gasteiger partial charge on any atom is -0.356 e. The smallest absolute Gasteiger partial charge is 0.216 e. The monoisotopic (exact) mass is 430 g/mol. The van der Waals surface area contributed by atoms with Gasteiger partial charge in [0.15, 0.2) is 5.96 Å². The van der Waals surface area contributed by atoms with E-state index in [1.807, 2.05) is 38.1 Å². The van der Waals surface area contributed by atoms with Gasteiger partial charge in [0.05, 0.1) is 5.75 Å². The molecule has 0 radical (unpaired) electrons. The van der Waals surface area contributed by atoms with Crippen molar-refractivity contribution in [2.75, 3.05) is 13.6 Å². The Hall–Kier alpha value is -2.38. The van der Waals surface area contributed by atoms with Crippen LogP contribution in [-0.4, -0.2) is 34.0 Å². The van der Waals surface area contributed by atoms with E-state index in [9.17, 15) is 8.42 Å². The Morgan fingerprint density at radius 3 is 2.27 bits per heavy atom. The first-order chi connectivity index (χ1) is 14.2. The lowest BCUT2D eigenvalue weighted by Gasteiger charge is -2.17. The fourth-order valence-electron chi connectivity index (χ4n) is 3.12. The molecule has 0 saturated carbocycles. The van der Waals surface area contributed by atoms with Crippen LogP contribution in [0.5, 0.6) is 0 Å². The van der Waals surface area contributed by atoms with Crippen LogP contribution in [0.4, 0.5) is 0 Å². The van der Waals surface area contributed by atoms with E-state index in [2.05, 4.69) is 58.5 Å². The highest BCUT2D eigenvalue weighted by Gasteiger charge is 2.13. The second kappa shape index (κ2) is 11.1. The van der Waals surface area contributed by atoms with Crippen molar-refractivity contribution in [2.24, 2.45) is 4.99 Å². The van der Waals surface area contributed by atoms with Crippen molar-refractivity contribution in [3.05, 3.63) is 70.8 Å². The molecule has 0 aliphatic heterocycles. The number of rotatable bonds is 9. The van der Waals surface area contributed by atoms with E-state index >= 15 is 0 Å². The number of aliphatic imine (C=N–C) groups is 1. The fourth-order valence-corrected chi connectivity index (χ4v) is 4.56. The summed E-state index contributed by atoms with van der Waals surface area (Å²) < 4.78 is 26.7. The summed E-state index contributed by atoms with van der Waals surface area (Å²) in [5.74, 6) is 1.09. The molecule has 6 nitrogen and oxygen atoms in total. The standard InChI is InChI=1S/C23H34N4O2S/c1-17(2)27-30(28,29)16-21-11-9-20(10-12-21)15-26-23(24-5)25-14-19(4)22-8-6-7-18(3)13-22/h6-13,17,19,27H,14-16H2,1-5H3,(H2,24,25,26). The summed E-state index contributed by atoms with van der Waals surface area (Å²) in [6.45, 7) is 9.31. The van der Waals surface area contributed by atoms with Gasteiger partial charge >= 0.3 is 0 Å². The minimum atomic E-state index is -3.31. The lowest BCUT2D eigenvalue weighted by molar-refractivity contribution is 0.569. The number of hydrogen-bond donors (Lipinski definition) is 3. The van der Waals surface area contributed by atoms with Crippen molar-refractivity contribution in [1.82, 2.24) is 15.4 Å². The maximum Gasteiger partial charge on any atom is 0.216 e. The molecule has 0 spiro atoms. The van der Waals surface area contributed by atoms with Gasteiger partial charge in [-0.3, -0.25) is 4.99 Å². The largest absolute Gasteiger partial charge is 0.356 e. The molecule has 30 heavy (non-hydrogen) atoms. The summed E-state index contributed by atoms with van der Waals surface area (Å²) in [5.41, 5.74) is 4.39. The second-order valence-electron chi connectivity index (χ2n) is 7.97. The van der Waals surface area contributed by atoms with Crippen LogP contribution in [0.25, 0.3) is 0 Å². The highest BCUT2D eigenvalue weighted by atomic mass is 32.2. The lowest BCUT2D eigenvalue weighted by atomic mass is 9.99.